The fraction of sp³-hybridized carbons (Fsp3) is 0.500. The van der Waals surface area contributed by atoms with E-state index in [0.29, 0.717) is 13.1 Å². The van der Waals surface area contributed by atoms with Crippen molar-refractivity contribution in [3.8, 4) is 0 Å². The molecule has 0 aliphatic carbocycles. The first-order valence-electron chi connectivity index (χ1n) is 9.92. The van der Waals surface area contributed by atoms with Gasteiger partial charge in [0.2, 0.25) is 5.91 Å². The molecule has 1 unspecified atom stereocenters. The number of rotatable bonds is 5. The summed E-state index contributed by atoms with van der Waals surface area (Å²) in [6.07, 6.45) is 2.49. The van der Waals surface area contributed by atoms with Gasteiger partial charge in [0.25, 0.3) is 11.8 Å². The fourth-order valence-corrected chi connectivity index (χ4v) is 4.04. The topological polar surface area (TPSA) is 71.3 Å². The zero-order valence-corrected chi connectivity index (χ0v) is 16.3. The number of carbonyl (C=O) groups is 2. The second-order valence-corrected chi connectivity index (χ2v) is 7.83. The Balaban J connectivity index is 1.46. The van der Waals surface area contributed by atoms with E-state index in [0.717, 1.165) is 17.7 Å². The Hall–Kier alpha value is -2.91. The Morgan fingerprint density at radius 2 is 1.90 bits per heavy atom. The molecule has 4 rings (SSSR count). The van der Waals surface area contributed by atoms with Gasteiger partial charge in [0.1, 0.15) is 5.82 Å². The fourth-order valence-electron chi connectivity index (χ4n) is 4.04. The molecule has 0 bridgehead atoms. The Bertz CT molecular complexity index is 942. The first kappa shape index (κ1) is 20.4. The summed E-state index contributed by atoms with van der Waals surface area (Å²) in [6.45, 7) is 0.593. The lowest BCUT2D eigenvalue weighted by Crippen LogP contribution is -2.39. The van der Waals surface area contributed by atoms with Gasteiger partial charge in [0.05, 0.1) is 31.7 Å². The maximum atomic E-state index is 14.1. The summed E-state index contributed by atoms with van der Waals surface area (Å²) in [7, 11) is 0. The Morgan fingerprint density at radius 1 is 1.17 bits per heavy atom. The molecule has 2 aliphatic heterocycles. The van der Waals surface area contributed by atoms with Gasteiger partial charge in [-0.15, -0.1) is 5.10 Å². The molecule has 1 atom stereocenters. The van der Waals surface area contributed by atoms with E-state index < -0.39 is 36.7 Å². The number of halogens is 3. The van der Waals surface area contributed by atoms with Crippen LogP contribution >= 0.6 is 0 Å². The van der Waals surface area contributed by atoms with Crippen molar-refractivity contribution in [2.24, 2.45) is 0 Å². The molecule has 2 fully saturated rings. The van der Waals surface area contributed by atoms with Crippen LogP contribution in [0.2, 0.25) is 0 Å². The predicted octanol–water partition coefficient (Wildman–Crippen LogP) is 2.13. The van der Waals surface area contributed by atoms with Crippen molar-refractivity contribution in [2.75, 3.05) is 19.6 Å². The number of alkyl halides is 2. The van der Waals surface area contributed by atoms with Crippen molar-refractivity contribution in [3.63, 3.8) is 0 Å². The second-order valence-electron chi connectivity index (χ2n) is 7.83. The highest BCUT2D eigenvalue weighted by Crippen LogP contribution is 2.33. The number of amides is 2. The average Bonchev–Trinajstić information content (AvgIpc) is 3.43. The Kier molecular flexibility index (Phi) is 5.48. The summed E-state index contributed by atoms with van der Waals surface area (Å²) in [5.41, 5.74) is 0.321. The van der Waals surface area contributed by atoms with Gasteiger partial charge in [-0.1, -0.05) is 23.4 Å². The number of aromatic nitrogens is 3. The minimum absolute atomic E-state index is 0.0150. The predicted molar refractivity (Wildman–Crippen MR) is 100 cm³/mol. The van der Waals surface area contributed by atoms with Crippen molar-refractivity contribution in [1.82, 2.24) is 24.8 Å². The number of benzene rings is 1. The first-order valence-corrected chi connectivity index (χ1v) is 9.92. The third-order valence-electron chi connectivity index (χ3n) is 5.55. The lowest BCUT2D eigenvalue weighted by molar-refractivity contribution is -0.132. The van der Waals surface area contributed by atoms with Crippen LogP contribution < -0.4 is 0 Å². The minimum Gasteiger partial charge on any atom is -0.337 e. The van der Waals surface area contributed by atoms with Crippen molar-refractivity contribution in [3.05, 3.63) is 47.5 Å². The number of likely N-dealkylation sites (tertiary alicyclic amines) is 2. The van der Waals surface area contributed by atoms with E-state index in [1.54, 1.807) is 11.0 Å². The quantitative estimate of drug-likeness (QED) is 0.742. The smallest absolute Gasteiger partial charge is 0.276 e. The van der Waals surface area contributed by atoms with Crippen molar-refractivity contribution in [1.29, 1.82) is 0 Å². The van der Waals surface area contributed by atoms with Gasteiger partial charge in [-0.2, -0.15) is 0 Å². The molecule has 7 nitrogen and oxygen atoms in total. The Morgan fingerprint density at radius 3 is 2.63 bits per heavy atom. The van der Waals surface area contributed by atoms with Crippen LogP contribution in [0.4, 0.5) is 13.2 Å². The molecular weight excluding hydrogens is 399 g/mol. The molecule has 0 spiro atoms. The summed E-state index contributed by atoms with van der Waals surface area (Å²) >= 11 is 0. The molecule has 2 aromatic rings. The molecule has 30 heavy (non-hydrogen) atoms. The van der Waals surface area contributed by atoms with Crippen LogP contribution in [0.3, 0.4) is 0 Å². The maximum absolute atomic E-state index is 14.1. The van der Waals surface area contributed by atoms with Gasteiger partial charge in [-0.25, -0.2) is 17.9 Å². The minimum atomic E-state index is -3.04. The van der Waals surface area contributed by atoms with Crippen molar-refractivity contribution >= 4 is 11.8 Å². The highest BCUT2D eigenvalue weighted by atomic mass is 19.3. The molecule has 160 valence electrons. The van der Waals surface area contributed by atoms with Gasteiger partial charge in [-0.3, -0.25) is 9.59 Å². The molecule has 0 radical (unpaired) electrons. The summed E-state index contributed by atoms with van der Waals surface area (Å²) < 4.78 is 43.4. The summed E-state index contributed by atoms with van der Waals surface area (Å²) in [5.74, 6) is -4.39. The molecule has 2 aliphatic rings. The average molecular weight is 421 g/mol. The van der Waals surface area contributed by atoms with Gasteiger partial charge in [0, 0.05) is 19.5 Å². The number of carbonyl (C=O) groups excluding carboxylic acids is 2. The molecule has 1 aromatic heterocycles. The Labute approximate surface area is 171 Å². The van der Waals surface area contributed by atoms with E-state index in [1.165, 1.54) is 29.1 Å². The van der Waals surface area contributed by atoms with Crippen molar-refractivity contribution in [2.45, 2.75) is 44.2 Å². The van der Waals surface area contributed by atoms with Gasteiger partial charge in [0.15, 0.2) is 5.69 Å². The molecule has 0 N–H and O–H groups in total. The monoisotopic (exact) mass is 421 g/mol. The summed E-state index contributed by atoms with van der Waals surface area (Å²) in [5, 5.41) is 7.76. The molecule has 1 aromatic carbocycles. The number of nitrogens with zero attached hydrogens (tertiary/aromatic N) is 5. The zero-order chi connectivity index (χ0) is 21.3. The number of hydrogen-bond acceptors (Lipinski definition) is 4. The summed E-state index contributed by atoms with van der Waals surface area (Å²) in [6, 6.07) is 4.96. The second kappa shape index (κ2) is 8.08. The molecular formula is C20H22F3N5O2. The van der Waals surface area contributed by atoms with Crippen LogP contribution in [0.15, 0.2) is 30.5 Å². The van der Waals surface area contributed by atoms with Gasteiger partial charge < -0.3 is 9.80 Å². The van der Waals surface area contributed by atoms with Crippen LogP contribution in [-0.2, 0) is 17.8 Å². The molecule has 0 saturated carbocycles. The molecule has 2 saturated heterocycles. The van der Waals surface area contributed by atoms with E-state index in [-0.39, 0.29) is 30.1 Å². The van der Waals surface area contributed by atoms with E-state index in [4.69, 9.17) is 0 Å². The lowest BCUT2D eigenvalue weighted by atomic mass is 10.1. The van der Waals surface area contributed by atoms with Crippen LogP contribution in [0.5, 0.6) is 0 Å². The normalized spacial score (nSPS) is 20.7. The van der Waals surface area contributed by atoms with E-state index in [9.17, 15) is 22.8 Å². The SMILES string of the molecule is O=C(c1cn(CC2CC(F)(F)CN2C(=O)Cc2ccccc2F)nn1)N1CCCC1. The third kappa shape index (κ3) is 4.31. The largest absolute Gasteiger partial charge is 0.337 e. The van der Waals surface area contributed by atoms with Crippen LogP contribution in [0.25, 0.3) is 0 Å². The molecule has 3 heterocycles. The highest BCUT2D eigenvalue weighted by molar-refractivity contribution is 5.92. The third-order valence-corrected chi connectivity index (χ3v) is 5.55. The van der Waals surface area contributed by atoms with Crippen molar-refractivity contribution < 1.29 is 22.8 Å². The molecule has 10 heteroatoms. The lowest BCUT2D eigenvalue weighted by Gasteiger charge is -2.24. The van der Waals surface area contributed by atoms with Crippen LogP contribution in [0, 0.1) is 5.82 Å². The standard InChI is InChI=1S/C20H22F3N5O2/c21-16-6-2-1-5-14(16)9-18(29)28-13-20(22,23)10-15(28)11-27-12-17(24-25-27)19(30)26-7-3-4-8-26/h1-2,5-6,12,15H,3-4,7-11,13H2. The van der Waals surface area contributed by atoms with Crippen LogP contribution in [-0.4, -0.2) is 68.2 Å². The molecule has 2 amide bonds. The van der Waals surface area contributed by atoms with Crippen LogP contribution in [0.1, 0.15) is 35.3 Å². The first-order chi connectivity index (χ1) is 14.3. The van der Waals surface area contributed by atoms with Gasteiger partial charge >= 0.3 is 0 Å². The summed E-state index contributed by atoms with van der Waals surface area (Å²) in [4.78, 5) is 27.8. The highest BCUT2D eigenvalue weighted by Gasteiger charge is 2.47. The maximum Gasteiger partial charge on any atom is 0.276 e. The van der Waals surface area contributed by atoms with Gasteiger partial charge in [-0.05, 0) is 24.5 Å². The zero-order valence-electron chi connectivity index (χ0n) is 16.3. The van der Waals surface area contributed by atoms with E-state index >= 15 is 0 Å². The number of hydrogen-bond donors (Lipinski definition) is 0. The van der Waals surface area contributed by atoms with E-state index in [2.05, 4.69) is 10.3 Å². The van der Waals surface area contributed by atoms with E-state index in [1.807, 2.05) is 0 Å².